The first kappa shape index (κ1) is 20.8. The molecular weight excluding hydrogens is 368 g/mol. The van der Waals surface area contributed by atoms with Gasteiger partial charge in [-0.1, -0.05) is 6.58 Å². The highest BCUT2D eigenvalue weighted by Gasteiger charge is 2.42. The molecule has 1 saturated carbocycles. The van der Waals surface area contributed by atoms with Crippen LogP contribution < -0.4 is 0 Å². The van der Waals surface area contributed by atoms with Gasteiger partial charge >= 0.3 is 17.9 Å². The lowest BCUT2D eigenvalue weighted by molar-refractivity contribution is -0.164. The molecule has 0 N–H and O–H groups in total. The predicted molar refractivity (Wildman–Crippen MR) is 96.1 cm³/mol. The van der Waals surface area contributed by atoms with E-state index >= 15 is 0 Å². The smallest absolute Gasteiger partial charge is 0.333 e. The van der Waals surface area contributed by atoms with Crippen molar-refractivity contribution >= 4 is 17.9 Å². The highest BCUT2D eigenvalue weighted by atomic mass is 16.6. The number of hydrogen-bond acceptors (Lipinski definition) is 8. The van der Waals surface area contributed by atoms with Gasteiger partial charge < -0.3 is 23.7 Å². The summed E-state index contributed by atoms with van der Waals surface area (Å²) in [5, 5.41) is 0. The van der Waals surface area contributed by atoms with Gasteiger partial charge in [-0.3, -0.25) is 9.59 Å². The first-order valence-corrected chi connectivity index (χ1v) is 9.83. The maximum Gasteiger partial charge on any atom is 0.333 e. The summed E-state index contributed by atoms with van der Waals surface area (Å²) in [6.07, 6.45) is 2.41. The SMILES string of the molecule is C=C(C)C(=O)OCCC1CCC(C(=O)OCC2CO2)C(C(=O)OCC2CO2)C1. The fraction of sp³-hybridized carbons (Fsp3) is 0.750. The normalized spacial score (nSPS) is 30.8. The molecule has 28 heavy (non-hydrogen) atoms. The van der Waals surface area contributed by atoms with E-state index in [1.165, 1.54) is 0 Å². The first-order valence-electron chi connectivity index (χ1n) is 9.83. The van der Waals surface area contributed by atoms with Crippen molar-refractivity contribution in [1.29, 1.82) is 0 Å². The van der Waals surface area contributed by atoms with Gasteiger partial charge in [-0.2, -0.15) is 0 Å². The summed E-state index contributed by atoms with van der Waals surface area (Å²) < 4.78 is 26.0. The summed E-state index contributed by atoms with van der Waals surface area (Å²) in [7, 11) is 0. The molecule has 1 aliphatic carbocycles. The number of epoxide rings is 2. The molecule has 5 unspecified atom stereocenters. The topological polar surface area (TPSA) is 104 Å². The number of rotatable bonds is 10. The summed E-state index contributed by atoms with van der Waals surface area (Å²) >= 11 is 0. The van der Waals surface area contributed by atoms with Crippen LogP contribution in [0.15, 0.2) is 12.2 Å². The number of ether oxygens (including phenoxy) is 5. The van der Waals surface area contributed by atoms with Crippen LogP contribution in [0.2, 0.25) is 0 Å². The quantitative estimate of drug-likeness (QED) is 0.236. The van der Waals surface area contributed by atoms with Gasteiger partial charge in [0.2, 0.25) is 0 Å². The molecule has 8 heteroatoms. The molecule has 0 aromatic carbocycles. The zero-order valence-corrected chi connectivity index (χ0v) is 16.2. The highest BCUT2D eigenvalue weighted by Crippen LogP contribution is 2.37. The Kier molecular flexibility index (Phi) is 7.07. The summed E-state index contributed by atoms with van der Waals surface area (Å²) in [6, 6.07) is 0. The number of carbonyl (C=O) groups excluding carboxylic acids is 3. The average Bonchev–Trinajstić information content (AvgIpc) is 3.58. The van der Waals surface area contributed by atoms with Crippen molar-refractivity contribution in [2.24, 2.45) is 17.8 Å². The molecule has 3 fully saturated rings. The van der Waals surface area contributed by atoms with Gasteiger partial charge in [-0.05, 0) is 38.5 Å². The molecule has 0 spiro atoms. The highest BCUT2D eigenvalue weighted by molar-refractivity contribution is 5.86. The van der Waals surface area contributed by atoms with Crippen LogP contribution in [0, 0.1) is 17.8 Å². The van der Waals surface area contributed by atoms with E-state index in [9.17, 15) is 14.4 Å². The van der Waals surface area contributed by atoms with Crippen molar-refractivity contribution in [1.82, 2.24) is 0 Å². The second kappa shape index (κ2) is 9.52. The average molecular weight is 396 g/mol. The Bertz CT molecular complexity index is 607. The lowest BCUT2D eigenvalue weighted by atomic mass is 9.73. The van der Waals surface area contributed by atoms with Gasteiger partial charge in [0.15, 0.2) is 0 Å². The van der Waals surface area contributed by atoms with Gasteiger partial charge in [-0.15, -0.1) is 0 Å². The van der Waals surface area contributed by atoms with Crippen LogP contribution in [0.25, 0.3) is 0 Å². The second-order valence-electron chi connectivity index (χ2n) is 7.77. The van der Waals surface area contributed by atoms with E-state index < -0.39 is 17.8 Å². The summed E-state index contributed by atoms with van der Waals surface area (Å²) in [5.41, 5.74) is 0.356. The van der Waals surface area contributed by atoms with E-state index in [1.54, 1.807) is 6.92 Å². The minimum Gasteiger partial charge on any atom is -0.463 e. The summed E-state index contributed by atoms with van der Waals surface area (Å²) in [4.78, 5) is 36.6. The zero-order valence-electron chi connectivity index (χ0n) is 16.2. The summed E-state index contributed by atoms with van der Waals surface area (Å²) in [6.45, 7) is 7.07. The molecule has 156 valence electrons. The van der Waals surface area contributed by atoms with Crippen LogP contribution in [0.5, 0.6) is 0 Å². The third-order valence-electron chi connectivity index (χ3n) is 5.30. The van der Waals surface area contributed by atoms with Crippen molar-refractivity contribution in [2.45, 2.75) is 44.8 Å². The molecule has 8 nitrogen and oxygen atoms in total. The lowest BCUT2D eigenvalue weighted by Gasteiger charge is -2.33. The largest absolute Gasteiger partial charge is 0.463 e. The van der Waals surface area contributed by atoms with Gasteiger partial charge in [0.1, 0.15) is 25.4 Å². The monoisotopic (exact) mass is 396 g/mol. The molecule has 2 aliphatic heterocycles. The maximum atomic E-state index is 12.6. The van der Waals surface area contributed by atoms with Gasteiger partial charge in [0.05, 0.1) is 31.7 Å². The van der Waals surface area contributed by atoms with Crippen LogP contribution in [0.1, 0.15) is 32.6 Å². The lowest BCUT2D eigenvalue weighted by Crippen LogP contribution is -2.38. The summed E-state index contributed by atoms with van der Waals surface area (Å²) in [5.74, 6) is -2.07. The van der Waals surface area contributed by atoms with Gasteiger partial charge in [-0.25, -0.2) is 4.79 Å². The fourth-order valence-electron chi connectivity index (χ4n) is 3.40. The number of esters is 3. The minimum atomic E-state index is -0.554. The van der Waals surface area contributed by atoms with E-state index in [2.05, 4.69) is 6.58 Å². The Morgan fingerprint density at radius 2 is 1.50 bits per heavy atom. The number of hydrogen-bond donors (Lipinski definition) is 0. The molecule has 3 aliphatic rings. The molecule has 0 aromatic heterocycles. The van der Waals surface area contributed by atoms with Gasteiger partial charge in [0, 0.05) is 5.57 Å². The zero-order chi connectivity index (χ0) is 20.1. The van der Waals surface area contributed by atoms with E-state index in [-0.39, 0.29) is 49.9 Å². The number of carbonyl (C=O) groups is 3. The van der Waals surface area contributed by atoms with E-state index in [1.807, 2.05) is 0 Å². The Morgan fingerprint density at radius 1 is 0.929 bits per heavy atom. The fourth-order valence-corrected chi connectivity index (χ4v) is 3.40. The van der Waals surface area contributed by atoms with Crippen molar-refractivity contribution < 1.29 is 38.1 Å². The van der Waals surface area contributed by atoms with Crippen molar-refractivity contribution in [3.63, 3.8) is 0 Å². The molecule has 2 saturated heterocycles. The third kappa shape index (κ3) is 6.31. The molecule has 0 radical (unpaired) electrons. The Morgan fingerprint density at radius 3 is 2.04 bits per heavy atom. The standard InChI is InChI=1S/C20H28O8/c1-12(2)18(21)24-6-5-13-3-4-16(19(22)27-10-14-8-25-14)17(7-13)20(23)28-11-15-9-26-15/h13-17H,1,3-11H2,2H3. The van der Waals surface area contributed by atoms with Crippen LogP contribution in [0.4, 0.5) is 0 Å². The van der Waals surface area contributed by atoms with Crippen molar-refractivity contribution in [3.8, 4) is 0 Å². The maximum absolute atomic E-state index is 12.6. The van der Waals surface area contributed by atoms with Crippen LogP contribution in [-0.2, 0) is 38.1 Å². The minimum absolute atomic E-state index is 0.0132. The molecule has 0 bridgehead atoms. The molecule has 2 heterocycles. The van der Waals surface area contributed by atoms with Crippen LogP contribution in [0.3, 0.4) is 0 Å². The molecule has 5 atom stereocenters. The van der Waals surface area contributed by atoms with Gasteiger partial charge in [0.25, 0.3) is 0 Å². The Balaban J connectivity index is 1.52. The first-order chi connectivity index (χ1) is 13.4. The molecule has 3 rings (SSSR count). The Hall–Kier alpha value is -1.93. The second-order valence-corrected chi connectivity index (χ2v) is 7.77. The van der Waals surface area contributed by atoms with E-state index in [4.69, 9.17) is 23.7 Å². The van der Waals surface area contributed by atoms with E-state index in [0.29, 0.717) is 38.0 Å². The predicted octanol–water partition coefficient (Wildman–Crippen LogP) is 1.41. The molecule has 0 aromatic rings. The van der Waals surface area contributed by atoms with Crippen LogP contribution in [-0.4, -0.2) is 63.2 Å². The Labute approximate surface area is 164 Å². The molecular formula is C20H28O8. The van der Waals surface area contributed by atoms with Crippen LogP contribution >= 0.6 is 0 Å². The molecule has 0 amide bonds. The van der Waals surface area contributed by atoms with Crippen molar-refractivity contribution in [2.75, 3.05) is 33.0 Å². The van der Waals surface area contributed by atoms with E-state index in [0.717, 1.165) is 6.42 Å². The third-order valence-corrected chi connectivity index (χ3v) is 5.30. The van der Waals surface area contributed by atoms with Crippen molar-refractivity contribution in [3.05, 3.63) is 12.2 Å².